The number of aromatic nitrogens is 2. The van der Waals surface area contributed by atoms with Crippen LogP contribution in [0.5, 0.6) is 5.75 Å². The van der Waals surface area contributed by atoms with Gasteiger partial charge in [0.15, 0.2) is 11.4 Å². The fraction of sp³-hybridized carbons (Fsp3) is 0.118. The molecule has 0 bridgehead atoms. The van der Waals surface area contributed by atoms with Crippen molar-refractivity contribution in [1.29, 1.82) is 0 Å². The lowest BCUT2D eigenvalue weighted by molar-refractivity contribution is 0.0588. The number of nitrogens with zero attached hydrogens (tertiary/aromatic N) is 2. The smallest absolute Gasteiger partial charge is 0.360 e. The minimum atomic E-state index is -0.783. The molecular weight excluding hydrogens is 334 g/mol. The molecule has 0 radical (unpaired) electrons. The molecule has 3 rings (SSSR count). The Kier molecular flexibility index (Phi) is 4.69. The van der Waals surface area contributed by atoms with Crippen molar-refractivity contribution >= 4 is 5.97 Å². The zero-order valence-corrected chi connectivity index (χ0v) is 13.0. The molecule has 0 aliphatic heterocycles. The van der Waals surface area contributed by atoms with E-state index < -0.39 is 17.6 Å². The van der Waals surface area contributed by atoms with Crippen molar-refractivity contribution < 1.29 is 27.5 Å². The summed E-state index contributed by atoms with van der Waals surface area (Å²) in [6.45, 7) is -0.0880. The van der Waals surface area contributed by atoms with Crippen LogP contribution in [0.1, 0.15) is 16.2 Å². The summed E-state index contributed by atoms with van der Waals surface area (Å²) in [7, 11) is 1.23. The molecule has 6 nitrogen and oxygen atoms in total. The summed E-state index contributed by atoms with van der Waals surface area (Å²) < 4.78 is 42.7. The molecule has 0 N–H and O–H groups in total. The molecule has 0 unspecified atom stereocenters. The summed E-state index contributed by atoms with van der Waals surface area (Å²) in [5.41, 5.74) is -0.0587. The average molecular weight is 346 g/mol. The van der Waals surface area contributed by atoms with E-state index in [-0.39, 0.29) is 35.2 Å². The van der Waals surface area contributed by atoms with Crippen molar-refractivity contribution in [2.45, 2.75) is 6.61 Å². The van der Waals surface area contributed by atoms with Gasteiger partial charge in [0.05, 0.1) is 7.11 Å². The lowest BCUT2D eigenvalue weighted by Gasteiger charge is -2.07. The number of oxazole rings is 1. The Hall–Kier alpha value is -3.29. The zero-order valence-electron chi connectivity index (χ0n) is 13.0. The number of halogens is 2. The van der Waals surface area contributed by atoms with E-state index in [0.29, 0.717) is 0 Å². The minimum Gasteiger partial charge on any atom is -0.485 e. The molecule has 2 aromatic heterocycles. The first-order chi connectivity index (χ1) is 12.1. The Morgan fingerprint density at radius 2 is 1.96 bits per heavy atom. The van der Waals surface area contributed by atoms with Crippen LogP contribution in [0.2, 0.25) is 0 Å². The van der Waals surface area contributed by atoms with Crippen LogP contribution in [0.4, 0.5) is 8.78 Å². The molecule has 128 valence electrons. The molecule has 8 heteroatoms. The third kappa shape index (κ3) is 3.47. The molecule has 0 spiro atoms. The third-order valence-electron chi connectivity index (χ3n) is 3.25. The van der Waals surface area contributed by atoms with Gasteiger partial charge in [-0.1, -0.05) is 6.07 Å². The van der Waals surface area contributed by atoms with Crippen molar-refractivity contribution in [2.24, 2.45) is 0 Å². The van der Waals surface area contributed by atoms with E-state index in [1.165, 1.54) is 31.7 Å². The molecule has 0 aliphatic rings. The lowest BCUT2D eigenvalue weighted by atomic mass is 10.2. The van der Waals surface area contributed by atoms with Crippen molar-refractivity contribution in [3.8, 4) is 17.2 Å². The second-order valence-electron chi connectivity index (χ2n) is 4.87. The predicted octanol–water partition coefficient (Wildman–Crippen LogP) is 3.38. The second-order valence-corrected chi connectivity index (χ2v) is 4.87. The average Bonchev–Trinajstić information content (AvgIpc) is 3.08. The van der Waals surface area contributed by atoms with E-state index in [1.54, 1.807) is 6.07 Å². The van der Waals surface area contributed by atoms with E-state index in [1.807, 2.05) is 0 Å². The number of hydrogen-bond donors (Lipinski definition) is 0. The lowest BCUT2D eigenvalue weighted by Crippen LogP contribution is -2.08. The maximum Gasteiger partial charge on any atom is 0.360 e. The number of hydrogen-bond acceptors (Lipinski definition) is 6. The molecule has 0 saturated carbocycles. The zero-order chi connectivity index (χ0) is 17.8. The second kappa shape index (κ2) is 7.08. The van der Waals surface area contributed by atoms with E-state index in [9.17, 15) is 13.6 Å². The van der Waals surface area contributed by atoms with Crippen LogP contribution in [0.15, 0.2) is 47.2 Å². The molecule has 2 heterocycles. The molecular formula is C17H12F2N2O4. The fourth-order valence-corrected chi connectivity index (χ4v) is 2.10. The number of ether oxygens (including phenoxy) is 2. The number of methoxy groups -OCH3 is 1. The number of carbonyl (C=O) groups excluding carboxylic acids is 1. The number of pyridine rings is 1. The Bertz CT molecular complexity index is 891. The molecule has 0 fully saturated rings. The van der Waals surface area contributed by atoms with Crippen LogP contribution >= 0.6 is 0 Å². The van der Waals surface area contributed by atoms with Crippen LogP contribution in [0, 0.1) is 11.6 Å². The molecule has 0 aliphatic carbocycles. The van der Waals surface area contributed by atoms with Gasteiger partial charge < -0.3 is 13.9 Å². The maximum absolute atomic E-state index is 13.7. The highest BCUT2D eigenvalue weighted by Gasteiger charge is 2.18. The Balaban J connectivity index is 1.79. The highest BCUT2D eigenvalue weighted by atomic mass is 19.1. The Labute approximate surface area is 141 Å². The topological polar surface area (TPSA) is 74.5 Å². The van der Waals surface area contributed by atoms with Crippen LogP contribution < -0.4 is 4.74 Å². The Morgan fingerprint density at radius 1 is 1.20 bits per heavy atom. The first-order valence-electron chi connectivity index (χ1n) is 7.15. The molecule has 0 atom stereocenters. The highest BCUT2D eigenvalue weighted by molar-refractivity contribution is 5.90. The number of esters is 1. The third-order valence-corrected chi connectivity index (χ3v) is 3.25. The highest BCUT2D eigenvalue weighted by Crippen LogP contribution is 2.26. The van der Waals surface area contributed by atoms with Crippen molar-refractivity contribution in [1.82, 2.24) is 9.97 Å². The summed E-state index contributed by atoms with van der Waals surface area (Å²) in [5, 5.41) is 0. The maximum atomic E-state index is 13.7. The molecule has 0 saturated heterocycles. The summed E-state index contributed by atoms with van der Waals surface area (Å²) >= 11 is 0. The normalized spacial score (nSPS) is 10.5. The van der Waals surface area contributed by atoms with Gasteiger partial charge in [-0.25, -0.2) is 23.5 Å². The van der Waals surface area contributed by atoms with Gasteiger partial charge in [-0.05, 0) is 24.3 Å². The van der Waals surface area contributed by atoms with Crippen LogP contribution in [0.3, 0.4) is 0 Å². The molecule has 3 aromatic rings. The summed E-state index contributed by atoms with van der Waals surface area (Å²) in [5.74, 6) is -2.22. The van der Waals surface area contributed by atoms with Crippen molar-refractivity contribution in [3.05, 3.63) is 65.8 Å². The van der Waals surface area contributed by atoms with Gasteiger partial charge in [0.25, 0.3) is 0 Å². The van der Waals surface area contributed by atoms with E-state index in [2.05, 4.69) is 14.7 Å². The fourth-order valence-electron chi connectivity index (χ4n) is 2.10. The summed E-state index contributed by atoms with van der Waals surface area (Å²) in [4.78, 5) is 19.5. The quantitative estimate of drug-likeness (QED) is 0.659. The van der Waals surface area contributed by atoms with Gasteiger partial charge in [0.2, 0.25) is 5.89 Å². The number of carbonyl (C=O) groups is 1. The first-order valence-corrected chi connectivity index (χ1v) is 7.15. The molecule has 1 aromatic carbocycles. The monoisotopic (exact) mass is 346 g/mol. The van der Waals surface area contributed by atoms with Gasteiger partial charge in [-0.15, -0.1) is 0 Å². The minimum absolute atomic E-state index is 0.00821. The summed E-state index contributed by atoms with van der Waals surface area (Å²) in [6, 6.07) is 6.59. The number of benzene rings is 1. The van der Waals surface area contributed by atoms with Gasteiger partial charge in [0.1, 0.15) is 35.8 Å². The van der Waals surface area contributed by atoms with Gasteiger partial charge in [-0.3, -0.25) is 0 Å². The number of rotatable bonds is 5. The largest absolute Gasteiger partial charge is 0.485 e. The first kappa shape index (κ1) is 16.6. The van der Waals surface area contributed by atoms with Gasteiger partial charge in [0, 0.05) is 6.20 Å². The summed E-state index contributed by atoms with van der Waals surface area (Å²) in [6.07, 6.45) is 2.64. The van der Waals surface area contributed by atoms with Crippen LogP contribution in [-0.4, -0.2) is 23.0 Å². The van der Waals surface area contributed by atoms with E-state index in [0.717, 1.165) is 12.1 Å². The predicted molar refractivity (Wildman–Crippen MR) is 81.8 cm³/mol. The van der Waals surface area contributed by atoms with Gasteiger partial charge in [-0.2, -0.15) is 0 Å². The van der Waals surface area contributed by atoms with Crippen LogP contribution in [-0.2, 0) is 11.3 Å². The molecule has 25 heavy (non-hydrogen) atoms. The SMILES string of the molecule is COC(=O)c1ncccc1OCc1coc(-c2c(F)cccc2F)n1. The van der Waals surface area contributed by atoms with Gasteiger partial charge >= 0.3 is 5.97 Å². The van der Waals surface area contributed by atoms with Crippen molar-refractivity contribution in [3.63, 3.8) is 0 Å². The van der Waals surface area contributed by atoms with E-state index >= 15 is 0 Å². The van der Waals surface area contributed by atoms with Crippen molar-refractivity contribution in [2.75, 3.05) is 7.11 Å². The van der Waals surface area contributed by atoms with Crippen LogP contribution in [0.25, 0.3) is 11.5 Å². The Morgan fingerprint density at radius 3 is 2.68 bits per heavy atom. The van der Waals surface area contributed by atoms with E-state index in [4.69, 9.17) is 9.15 Å². The standard InChI is InChI=1S/C17H12F2N2O4/c1-23-17(22)15-13(6-3-7-20-15)24-8-10-9-25-16(21-10)14-11(18)4-2-5-12(14)19/h2-7,9H,8H2,1H3. The molecule has 0 amide bonds.